The van der Waals surface area contributed by atoms with Crippen LogP contribution in [0.1, 0.15) is 68.6 Å². The Balaban J connectivity index is 1.02. The molecule has 0 spiro atoms. The minimum atomic E-state index is -1.65. The van der Waals surface area contributed by atoms with Crippen LogP contribution in [0.4, 0.5) is 14.4 Å². The molecule has 5 fully saturated rings. The molecule has 0 aromatic heterocycles. The van der Waals surface area contributed by atoms with Crippen LogP contribution in [0.2, 0.25) is 0 Å². The predicted octanol–water partition coefficient (Wildman–Crippen LogP) is 5.19. The first kappa shape index (κ1) is 60.5. The standard InChI is InChI=1S/C60H75N3O19/c1-5-28-71-53-51(81-56-44(48(67)47(66)41(6-2)76-56)63-60(70)75-32-37-24-16-10-17-25-37)42(7-3)77-57(53)82-52-46(65)39(61-58(68)73-30-35-20-12-8-13-21-35)29-40(62-59(69)74-31-36-22-14-9-15-23-36)49(52)79-54-34(4)45(64)50-43(78-54)33-72-55(80-50)38-26-18-11-19-27-38/h5,8-27,34,39-57,64-67H,1,6-7,28-33H2,2-4H3,(H,61,68)(H,62,69)(H,63,70). The molecule has 4 saturated heterocycles. The molecule has 7 N–H and O–H groups in total. The molecule has 22 nitrogen and oxygen atoms in total. The Labute approximate surface area is 476 Å². The van der Waals surface area contributed by atoms with Crippen LogP contribution in [-0.4, -0.2) is 162 Å². The Bertz CT molecular complexity index is 2630. The Morgan fingerprint density at radius 1 is 0.561 bits per heavy atom. The number of amides is 3. The van der Waals surface area contributed by atoms with Crippen molar-refractivity contribution in [2.45, 2.75) is 176 Å². The van der Waals surface area contributed by atoms with E-state index in [1.165, 1.54) is 6.08 Å². The van der Waals surface area contributed by atoms with Gasteiger partial charge in [-0.3, -0.25) is 0 Å². The quantitative estimate of drug-likeness (QED) is 0.0418. The molecule has 0 bridgehead atoms. The maximum absolute atomic E-state index is 14.0. The van der Waals surface area contributed by atoms with Crippen LogP contribution in [0.5, 0.6) is 0 Å². The second-order valence-corrected chi connectivity index (χ2v) is 20.9. The second kappa shape index (κ2) is 28.9. The van der Waals surface area contributed by atoms with Crippen molar-refractivity contribution in [2.75, 3.05) is 13.2 Å². The summed E-state index contributed by atoms with van der Waals surface area (Å²) in [6, 6.07) is 32.6. The molecule has 4 aromatic carbocycles. The molecule has 1 aliphatic carbocycles. The zero-order valence-electron chi connectivity index (χ0n) is 45.9. The van der Waals surface area contributed by atoms with Gasteiger partial charge in [0.25, 0.3) is 0 Å². The summed E-state index contributed by atoms with van der Waals surface area (Å²) in [5, 5.41) is 55.8. The molecule has 4 aliphatic heterocycles. The molecule has 0 radical (unpaired) electrons. The Hall–Kier alpha value is -6.09. The lowest BCUT2D eigenvalue weighted by molar-refractivity contribution is -0.366. The zero-order chi connectivity index (χ0) is 57.7. The van der Waals surface area contributed by atoms with Crippen molar-refractivity contribution in [1.29, 1.82) is 0 Å². The maximum Gasteiger partial charge on any atom is 0.407 e. The van der Waals surface area contributed by atoms with Gasteiger partial charge in [0, 0.05) is 11.5 Å². The number of hydrogen-bond donors (Lipinski definition) is 7. The summed E-state index contributed by atoms with van der Waals surface area (Å²) >= 11 is 0. The fourth-order valence-corrected chi connectivity index (χ4v) is 10.9. The number of aliphatic hydroxyl groups is 4. The summed E-state index contributed by atoms with van der Waals surface area (Å²) in [6.45, 7) is 8.78. The second-order valence-electron chi connectivity index (χ2n) is 20.9. The van der Waals surface area contributed by atoms with Gasteiger partial charge < -0.3 is 93.2 Å². The van der Waals surface area contributed by atoms with Crippen LogP contribution in [0.3, 0.4) is 0 Å². The Morgan fingerprint density at radius 2 is 1.07 bits per heavy atom. The van der Waals surface area contributed by atoms with Crippen molar-refractivity contribution in [3.63, 3.8) is 0 Å². The number of carbonyl (C=O) groups excluding carboxylic acids is 3. The van der Waals surface area contributed by atoms with E-state index in [1.54, 1.807) is 86.6 Å². The smallest absolute Gasteiger partial charge is 0.407 e. The SMILES string of the molecule is C=CCOC1C(OC2C(O)C(NC(=O)OCc3ccccc3)CC(NC(=O)OCc3ccccc3)C2OC2OC3COC(c4ccccc4)OC3C(O)C2C)OC(CC)C1OC1OC(CC)C(O)C(O)C1NC(=O)OCc1ccccc1. The average Bonchev–Trinajstić information content (AvgIpc) is 3.59. The molecular formula is C60H75N3O19. The third-order valence-corrected chi connectivity index (χ3v) is 15.3. The van der Waals surface area contributed by atoms with Gasteiger partial charge in [0.05, 0.1) is 43.6 Å². The fraction of sp³-hybridized carbons (Fsp3) is 0.517. The van der Waals surface area contributed by atoms with E-state index >= 15 is 0 Å². The molecule has 9 rings (SSSR count). The highest BCUT2D eigenvalue weighted by Crippen LogP contribution is 2.41. The molecule has 22 heteroatoms. The summed E-state index contributed by atoms with van der Waals surface area (Å²) in [5.74, 6) is -0.801. The van der Waals surface area contributed by atoms with Crippen molar-refractivity contribution < 1.29 is 91.7 Å². The molecule has 1 saturated carbocycles. The van der Waals surface area contributed by atoms with Crippen molar-refractivity contribution in [3.05, 3.63) is 156 Å². The molecule has 20 unspecified atom stereocenters. The van der Waals surface area contributed by atoms with E-state index in [4.69, 9.17) is 56.8 Å². The molecule has 5 aliphatic rings. The van der Waals surface area contributed by atoms with E-state index in [0.29, 0.717) is 16.7 Å². The van der Waals surface area contributed by atoms with Gasteiger partial charge in [-0.05, 0) is 36.0 Å². The highest BCUT2D eigenvalue weighted by Gasteiger charge is 2.57. The first-order valence-corrected chi connectivity index (χ1v) is 27.9. The van der Waals surface area contributed by atoms with E-state index in [2.05, 4.69) is 22.5 Å². The van der Waals surface area contributed by atoms with Crippen LogP contribution in [-0.2, 0) is 76.7 Å². The third kappa shape index (κ3) is 15.0. The summed E-state index contributed by atoms with van der Waals surface area (Å²) in [4.78, 5) is 41.1. The minimum absolute atomic E-state index is 0.00858. The first-order valence-electron chi connectivity index (χ1n) is 27.9. The Kier molecular flexibility index (Phi) is 21.4. The Morgan fingerprint density at radius 3 is 1.63 bits per heavy atom. The van der Waals surface area contributed by atoms with Gasteiger partial charge in [0.1, 0.15) is 80.8 Å². The van der Waals surface area contributed by atoms with Crippen LogP contribution < -0.4 is 16.0 Å². The van der Waals surface area contributed by atoms with E-state index in [9.17, 15) is 34.8 Å². The lowest BCUT2D eigenvalue weighted by Crippen LogP contribution is -2.68. The van der Waals surface area contributed by atoms with E-state index < -0.39 is 141 Å². The predicted molar refractivity (Wildman–Crippen MR) is 290 cm³/mol. The average molecular weight is 1140 g/mol. The fourth-order valence-electron chi connectivity index (χ4n) is 10.9. The van der Waals surface area contributed by atoms with Gasteiger partial charge in [-0.25, -0.2) is 14.4 Å². The highest BCUT2D eigenvalue weighted by atomic mass is 16.8. The summed E-state index contributed by atoms with van der Waals surface area (Å²) in [7, 11) is 0. The van der Waals surface area contributed by atoms with E-state index in [0.717, 1.165) is 5.56 Å². The van der Waals surface area contributed by atoms with Gasteiger partial charge >= 0.3 is 18.3 Å². The molecule has 3 amide bonds. The molecule has 4 heterocycles. The number of aliphatic hydroxyl groups excluding tert-OH is 4. The molecule has 444 valence electrons. The van der Waals surface area contributed by atoms with Crippen molar-refractivity contribution in [1.82, 2.24) is 16.0 Å². The van der Waals surface area contributed by atoms with Crippen LogP contribution in [0.25, 0.3) is 0 Å². The lowest BCUT2D eigenvalue weighted by atomic mass is 9.83. The zero-order valence-corrected chi connectivity index (χ0v) is 45.9. The van der Waals surface area contributed by atoms with Crippen molar-refractivity contribution in [2.24, 2.45) is 5.92 Å². The van der Waals surface area contributed by atoms with Crippen LogP contribution >= 0.6 is 0 Å². The molecular weight excluding hydrogens is 1070 g/mol. The van der Waals surface area contributed by atoms with Gasteiger partial charge in [0.15, 0.2) is 25.2 Å². The normalized spacial score (nSPS) is 34.4. The summed E-state index contributed by atoms with van der Waals surface area (Å²) in [5.41, 5.74) is 2.87. The number of ether oxygens (including phenoxy) is 12. The monoisotopic (exact) mass is 1140 g/mol. The number of fused-ring (bicyclic) bond motifs is 1. The number of benzene rings is 4. The summed E-state index contributed by atoms with van der Waals surface area (Å²) in [6.07, 6.45) is -20.2. The van der Waals surface area contributed by atoms with Crippen molar-refractivity contribution >= 4 is 18.3 Å². The van der Waals surface area contributed by atoms with Crippen LogP contribution in [0, 0.1) is 5.92 Å². The van der Waals surface area contributed by atoms with Gasteiger partial charge in [0.2, 0.25) is 0 Å². The van der Waals surface area contributed by atoms with Crippen molar-refractivity contribution in [3.8, 4) is 0 Å². The number of nitrogens with one attached hydrogen (secondary N) is 3. The van der Waals surface area contributed by atoms with Gasteiger partial charge in [-0.2, -0.15) is 0 Å². The maximum atomic E-state index is 14.0. The number of alkyl carbamates (subject to hydrolysis) is 3. The topological polar surface area (TPSA) is 279 Å². The largest absolute Gasteiger partial charge is 0.445 e. The van der Waals surface area contributed by atoms with E-state index in [-0.39, 0.29) is 52.3 Å². The summed E-state index contributed by atoms with van der Waals surface area (Å²) < 4.78 is 75.8. The molecule has 4 aromatic rings. The number of hydrogen-bond acceptors (Lipinski definition) is 19. The van der Waals surface area contributed by atoms with E-state index in [1.807, 2.05) is 55.5 Å². The molecule has 82 heavy (non-hydrogen) atoms. The van der Waals surface area contributed by atoms with Gasteiger partial charge in [-0.1, -0.05) is 148 Å². The molecule has 20 atom stereocenters. The number of carbonyl (C=O) groups is 3. The highest BCUT2D eigenvalue weighted by molar-refractivity contribution is 5.69. The van der Waals surface area contributed by atoms with Gasteiger partial charge in [-0.15, -0.1) is 6.58 Å². The first-order chi connectivity index (χ1) is 39.8. The minimum Gasteiger partial charge on any atom is -0.445 e. The van der Waals surface area contributed by atoms with Crippen LogP contribution in [0.15, 0.2) is 134 Å². The lowest BCUT2D eigenvalue weighted by Gasteiger charge is -2.50. The third-order valence-electron chi connectivity index (χ3n) is 15.3. The number of rotatable bonds is 21.